The summed E-state index contributed by atoms with van der Waals surface area (Å²) in [6, 6.07) is 8.07. The van der Waals surface area contributed by atoms with Gasteiger partial charge in [0.05, 0.1) is 10.8 Å². The number of hydrogen-bond acceptors (Lipinski definition) is 0. The molecule has 3 rings (SSSR count). The molecule has 25 heavy (non-hydrogen) atoms. The van der Waals surface area contributed by atoms with Gasteiger partial charge in [0.2, 0.25) is 0 Å². The van der Waals surface area contributed by atoms with Crippen molar-refractivity contribution in [2.45, 2.75) is 0 Å². The Morgan fingerprint density at radius 2 is 0.960 bits per heavy atom. The lowest BCUT2D eigenvalue weighted by atomic mass is 10.0. The Kier molecular flexibility index (Phi) is 4.24. The molecule has 0 nitrogen and oxygen atoms in total. The van der Waals surface area contributed by atoms with E-state index >= 15 is 0 Å². The molecule has 0 aromatic heterocycles. The van der Waals surface area contributed by atoms with E-state index < -0.39 is 57.1 Å². The van der Waals surface area contributed by atoms with Crippen molar-refractivity contribution in [3.05, 3.63) is 82.2 Å². The predicted molar refractivity (Wildman–Crippen MR) is 79.0 cm³/mol. The maximum Gasteiger partial charge on any atom is 0.198 e. The number of hydrogen-bond donors (Lipinski definition) is 0. The molecule has 3 aromatic rings. The second kappa shape index (κ2) is 6.23. The molecule has 0 aliphatic rings. The van der Waals surface area contributed by atoms with Crippen molar-refractivity contribution < 1.29 is 30.7 Å². The monoisotopic (exact) mass is 356 g/mol. The van der Waals surface area contributed by atoms with Gasteiger partial charge in [-0.3, -0.25) is 0 Å². The van der Waals surface area contributed by atoms with Gasteiger partial charge in [-0.15, -0.1) is 0 Å². The highest BCUT2D eigenvalue weighted by molar-refractivity contribution is 5.89. The molecule has 0 bridgehead atoms. The molecule has 0 spiro atoms. The summed E-state index contributed by atoms with van der Waals surface area (Å²) >= 11 is 0. The summed E-state index contributed by atoms with van der Waals surface area (Å²) in [4.78, 5) is 0. The Bertz CT molecular complexity index is 1010. The first-order valence-electron chi connectivity index (χ1n) is 6.89. The first-order chi connectivity index (χ1) is 11.8. The lowest BCUT2D eigenvalue weighted by molar-refractivity contribution is 0.411. The summed E-state index contributed by atoms with van der Waals surface area (Å²) in [6.07, 6.45) is 1.99. The van der Waals surface area contributed by atoms with Crippen molar-refractivity contribution >= 4 is 22.9 Å². The summed E-state index contributed by atoms with van der Waals surface area (Å²) in [6.45, 7) is 0. The van der Waals surface area contributed by atoms with E-state index in [2.05, 4.69) is 0 Å². The molecule has 0 unspecified atom stereocenters. The fourth-order valence-electron chi connectivity index (χ4n) is 2.39. The number of benzene rings is 3. The fraction of sp³-hybridized carbons (Fsp3) is 0. The second-order valence-electron chi connectivity index (χ2n) is 5.11. The number of rotatable bonds is 2. The van der Waals surface area contributed by atoms with Crippen LogP contribution < -0.4 is 0 Å². The molecular weight excluding hydrogens is 349 g/mol. The normalized spacial score (nSPS) is 11.6. The van der Waals surface area contributed by atoms with Crippen LogP contribution in [0.2, 0.25) is 0 Å². The summed E-state index contributed by atoms with van der Waals surface area (Å²) in [5.41, 5.74) is -0.558. The minimum Gasteiger partial charge on any atom is -0.205 e. The smallest absolute Gasteiger partial charge is 0.198 e. The van der Waals surface area contributed by atoms with Gasteiger partial charge in [-0.05, 0) is 11.6 Å². The van der Waals surface area contributed by atoms with E-state index in [9.17, 15) is 30.7 Å². The molecule has 3 aromatic carbocycles. The Morgan fingerprint density at radius 3 is 1.52 bits per heavy atom. The minimum atomic E-state index is -2.35. The average Bonchev–Trinajstić information content (AvgIpc) is 2.62. The van der Waals surface area contributed by atoms with Gasteiger partial charge in [0.15, 0.2) is 34.9 Å². The number of halogens is 7. The van der Waals surface area contributed by atoms with Gasteiger partial charge in [0, 0.05) is 5.56 Å². The third kappa shape index (κ3) is 2.65. The SMILES string of the molecule is Fc1c(F)c(F)c2c(F)c(/C=C/c3ccccc3)c(F)c(F)c2c1F. The van der Waals surface area contributed by atoms with Crippen molar-refractivity contribution in [1.82, 2.24) is 0 Å². The van der Waals surface area contributed by atoms with E-state index in [0.29, 0.717) is 5.56 Å². The topological polar surface area (TPSA) is 0 Å². The summed E-state index contributed by atoms with van der Waals surface area (Å²) in [7, 11) is 0. The molecule has 0 aliphatic heterocycles. The Labute approximate surface area is 136 Å². The van der Waals surface area contributed by atoms with Crippen molar-refractivity contribution in [1.29, 1.82) is 0 Å². The summed E-state index contributed by atoms with van der Waals surface area (Å²) in [5, 5.41) is -3.12. The lowest BCUT2D eigenvalue weighted by Crippen LogP contribution is -2.06. The Hall–Kier alpha value is -2.83. The molecule has 0 saturated heterocycles. The molecular formula is C18H7F7. The zero-order chi connectivity index (χ0) is 18.3. The van der Waals surface area contributed by atoms with Gasteiger partial charge in [-0.25, -0.2) is 30.7 Å². The van der Waals surface area contributed by atoms with E-state index in [1.54, 1.807) is 30.3 Å². The van der Waals surface area contributed by atoms with Crippen LogP contribution in [0, 0.1) is 40.7 Å². The van der Waals surface area contributed by atoms with Crippen LogP contribution in [-0.4, -0.2) is 0 Å². The third-order valence-electron chi connectivity index (χ3n) is 3.61. The van der Waals surface area contributed by atoms with Crippen molar-refractivity contribution in [3.63, 3.8) is 0 Å². The standard InChI is InChI=1S/C18H7F7/c19-12-9(7-6-8-4-2-1-3-5-8)13(20)14(21)11-10(12)15(22)17(24)18(25)16(11)23/h1-7H/b7-6+. The predicted octanol–water partition coefficient (Wildman–Crippen LogP) is 5.98. The van der Waals surface area contributed by atoms with E-state index in [0.717, 1.165) is 6.08 Å². The second-order valence-corrected chi connectivity index (χ2v) is 5.11. The highest BCUT2D eigenvalue weighted by Crippen LogP contribution is 2.35. The maximum absolute atomic E-state index is 14.4. The van der Waals surface area contributed by atoms with Crippen LogP contribution in [0.5, 0.6) is 0 Å². The van der Waals surface area contributed by atoms with Crippen LogP contribution >= 0.6 is 0 Å². The Balaban J connectivity index is 2.34. The molecule has 128 valence electrons. The van der Waals surface area contributed by atoms with Gasteiger partial charge >= 0.3 is 0 Å². The van der Waals surface area contributed by atoms with Crippen LogP contribution in [0.15, 0.2) is 30.3 Å². The third-order valence-corrected chi connectivity index (χ3v) is 3.61. The summed E-state index contributed by atoms with van der Waals surface area (Å²) in [5.74, 6) is -14.6. The highest BCUT2D eigenvalue weighted by Gasteiger charge is 2.29. The number of fused-ring (bicyclic) bond motifs is 1. The van der Waals surface area contributed by atoms with Gasteiger partial charge in [0.25, 0.3) is 0 Å². The minimum absolute atomic E-state index is 0.485. The molecule has 7 heteroatoms. The van der Waals surface area contributed by atoms with E-state index in [1.807, 2.05) is 0 Å². The largest absolute Gasteiger partial charge is 0.205 e. The molecule has 0 atom stereocenters. The quantitative estimate of drug-likeness (QED) is 0.229. The van der Waals surface area contributed by atoms with Crippen LogP contribution in [0.4, 0.5) is 30.7 Å². The zero-order valence-electron chi connectivity index (χ0n) is 12.2. The van der Waals surface area contributed by atoms with Crippen LogP contribution in [0.3, 0.4) is 0 Å². The molecule has 0 radical (unpaired) electrons. The first kappa shape index (κ1) is 17.0. The first-order valence-corrected chi connectivity index (χ1v) is 6.89. The Morgan fingerprint density at radius 1 is 0.480 bits per heavy atom. The van der Waals surface area contributed by atoms with E-state index in [1.165, 1.54) is 6.08 Å². The van der Waals surface area contributed by atoms with Gasteiger partial charge in [-0.2, -0.15) is 0 Å². The molecule has 0 amide bonds. The zero-order valence-corrected chi connectivity index (χ0v) is 12.2. The fourth-order valence-corrected chi connectivity index (χ4v) is 2.39. The molecule has 0 saturated carbocycles. The van der Waals surface area contributed by atoms with Gasteiger partial charge in [-0.1, -0.05) is 36.4 Å². The van der Waals surface area contributed by atoms with E-state index in [-0.39, 0.29) is 0 Å². The van der Waals surface area contributed by atoms with Crippen LogP contribution in [-0.2, 0) is 0 Å². The van der Waals surface area contributed by atoms with Crippen molar-refractivity contribution in [3.8, 4) is 0 Å². The molecule has 0 heterocycles. The van der Waals surface area contributed by atoms with Crippen molar-refractivity contribution in [2.24, 2.45) is 0 Å². The average molecular weight is 356 g/mol. The summed E-state index contributed by atoms with van der Waals surface area (Å²) < 4.78 is 96.6. The maximum atomic E-state index is 14.4. The van der Waals surface area contributed by atoms with E-state index in [4.69, 9.17) is 0 Å². The molecule has 0 aliphatic carbocycles. The van der Waals surface area contributed by atoms with Crippen molar-refractivity contribution in [2.75, 3.05) is 0 Å². The highest BCUT2D eigenvalue weighted by atomic mass is 19.2. The van der Waals surface area contributed by atoms with Crippen LogP contribution in [0.25, 0.3) is 22.9 Å². The van der Waals surface area contributed by atoms with Crippen LogP contribution in [0.1, 0.15) is 11.1 Å². The van der Waals surface area contributed by atoms with Gasteiger partial charge in [0.1, 0.15) is 5.82 Å². The lowest BCUT2D eigenvalue weighted by Gasteiger charge is -2.10. The van der Waals surface area contributed by atoms with Gasteiger partial charge < -0.3 is 0 Å². The molecule has 0 fully saturated rings. The molecule has 0 N–H and O–H groups in total.